The summed E-state index contributed by atoms with van der Waals surface area (Å²) in [7, 11) is 0. The van der Waals surface area contributed by atoms with E-state index in [4.69, 9.17) is 5.84 Å². The number of nitrogens with two attached hydrogens (primary N) is 1. The van der Waals surface area contributed by atoms with Gasteiger partial charge in [-0.15, -0.1) is 9.77 Å². The van der Waals surface area contributed by atoms with E-state index in [0.717, 1.165) is 12.5 Å². The van der Waals surface area contributed by atoms with Crippen molar-refractivity contribution >= 4 is 5.95 Å². The molecule has 0 fully saturated rings. The third-order valence-corrected chi connectivity index (χ3v) is 3.93. The molecule has 0 aliphatic rings. The van der Waals surface area contributed by atoms with Gasteiger partial charge in [0.25, 0.3) is 6.33 Å². The zero-order valence-corrected chi connectivity index (χ0v) is 14.9. The molecule has 22 heavy (non-hydrogen) atoms. The van der Waals surface area contributed by atoms with Gasteiger partial charge in [-0.05, 0) is 11.5 Å². The van der Waals surface area contributed by atoms with Gasteiger partial charge >= 0.3 is 5.95 Å². The first-order valence-corrected chi connectivity index (χ1v) is 8.78. The first kappa shape index (κ1) is 21.0. The zero-order valence-electron chi connectivity index (χ0n) is 14.1. The molecule has 0 saturated heterocycles. The van der Waals surface area contributed by atoms with Crippen LogP contribution in [0.4, 0.5) is 5.95 Å². The van der Waals surface area contributed by atoms with Crippen LogP contribution in [0.5, 0.6) is 0 Å². The number of nitrogens with one attached hydrogen (secondary N) is 2. The largest absolute Gasteiger partial charge is 1.00 e. The number of aromatic nitrogens is 3. The molecule has 0 radical (unpaired) electrons. The predicted molar refractivity (Wildman–Crippen MR) is 88.5 cm³/mol. The minimum absolute atomic E-state index is 0. The van der Waals surface area contributed by atoms with Gasteiger partial charge < -0.3 is 12.4 Å². The Hall–Kier alpha value is -0.970. The maximum atomic E-state index is 5.65. The molecular formula is C16H34ClN5. The van der Waals surface area contributed by atoms with Gasteiger partial charge in [0, 0.05) is 0 Å². The second-order valence-corrected chi connectivity index (χ2v) is 5.93. The van der Waals surface area contributed by atoms with Gasteiger partial charge in [0.15, 0.2) is 0 Å². The van der Waals surface area contributed by atoms with Crippen LogP contribution in [0.1, 0.15) is 84.0 Å². The van der Waals surface area contributed by atoms with Gasteiger partial charge in [0.1, 0.15) is 0 Å². The summed E-state index contributed by atoms with van der Waals surface area (Å²) in [5.74, 6) is 6.42. The van der Waals surface area contributed by atoms with E-state index in [9.17, 15) is 0 Å². The molecule has 5 nitrogen and oxygen atoms in total. The summed E-state index contributed by atoms with van der Waals surface area (Å²) in [5, 5.41) is 9.93. The Labute approximate surface area is 141 Å². The first-order chi connectivity index (χ1) is 10.3. The van der Waals surface area contributed by atoms with Crippen molar-refractivity contribution < 1.29 is 17.1 Å². The van der Waals surface area contributed by atoms with Crippen molar-refractivity contribution in [1.29, 1.82) is 0 Å². The van der Waals surface area contributed by atoms with Crippen molar-refractivity contribution in [1.82, 2.24) is 10.2 Å². The van der Waals surface area contributed by atoms with E-state index >= 15 is 0 Å². The van der Waals surface area contributed by atoms with E-state index in [1.807, 2.05) is 0 Å². The monoisotopic (exact) mass is 331 g/mol. The average molecular weight is 332 g/mol. The molecule has 130 valence electrons. The molecule has 4 N–H and O–H groups in total. The van der Waals surface area contributed by atoms with Crippen molar-refractivity contribution in [2.45, 2.75) is 84.0 Å². The summed E-state index contributed by atoms with van der Waals surface area (Å²) in [6.07, 6.45) is 18.1. The van der Waals surface area contributed by atoms with Gasteiger partial charge in [-0.2, -0.15) is 0 Å². The summed E-state index contributed by atoms with van der Waals surface area (Å²) in [4.78, 5) is 0. The number of hydrogen-bond donors (Lipinski definition) is 3. The Morgan fingerprint density at radius 1 is 0.955 bits per heavy atom. The summed E-state index contributed by atoms with van der Waals surface area (Å²) in [6, 6.07) is 0. The molecule has 0 aliphatic carbocycles. The van der Waals surface area contributed by atoms with Gasteiger partial charge in [0.2, 0.25) is 0 Å². The van der Waals surface area contributed by atoms with Crippen LogP contribution in [0, 0.1) is 0 Å². The molecule has 0 amide bonds. The first-order valence-electron chi connectivity index (χ1n) is 8.78. The van der Waals surface area contributed by atoms with Crippen LogP contribution < -0.4 is 28.2 Å². The van der Waals surface area contributed by atoms with Crippen LogP contribution in [0.3, 0.4) is 0 Å². The molecule has 1 rings (SSSR count). The Balaban J connectivity index is 0.00000441. The Morgan fingerprint density at radius 2 is 1.45 bits per heavy atom. The zero-order chi connectivity index (χ0) is 15.2. The summed E-state index contributed by atoms with van der Waals surface area (Å²) in [5.41, 5.74) is 0. The fourth-order valence-corrected chi connectivity index (χ4v) is 2.57. The molecule has 0 aliphatic heterocycles. The number of anilines is 1. The normalized spacial score (nSPS) is 10.4. The number of halogens is 1. The SMILES string of the molecule is CCCCCCCCCCCCCCNc1[nH]nc[n+]1N.[Cl-]. The molecule has 1 aromatic heterocycles. The number of H-pyrrole nitrogens is 1. The number of aromatic amines is 1. The number of unbranched alkanes of at least 4 members (excludes halogenated alkanes) is 11. The minimum atomic E-state index is 0. The average Bonchev–Trinajstić information content (AvgIpc) is 2.89. The molecule has 0 spiro atoms. The van der Waals surface area contributed by atoms with Gasteiger partial charge in [-0.1, -0.05) is 77.6 Å². The molecule has 0 saturated carbocycles. The Bertz CT molecular complexity index is 343. The predicted octanol–water partition coefficient (Wildman–Crippen LogP) is 0.528. The Morgan fingerprint density at radius 3 is 1.91 bits per heavy atom. The molecular weight excluding hydrogens is 298 g/mol. The summed E-state index contributed by atoms with van der Waals surface area (Å²) in [6.45, 7) is 3.23. The van der Waals surface area contributed by atoms with Crippen LogP contribution in [0.25, 0.3) is 0 Å². The highest BCUT2D eigenvalue weighted by atomic mass is 35.5. The fraction of sp³-hybridized carbons (Fsp3) is 0.875. The maximum absolute atomic E-state index is 5.65. The van der Waals surface area contributed by atoms with E-state index in [0.29, 0.717) is 0 Å². The number of nitrogens with zero attached hydrogens (tertiary/aromatic N) is 2. The second kappa shape index (κ2) is 14.9. The van der Waals surface area contributed by atoms with Crippen LogP contribution >= 0.6 is 0 Å². The lowest BCUT2D eigenvalue weighted by molar-refractivity contribution is -0.624. The maximum Gasteiger partial charge on any atom is 0.363 e. The third-order valence-electron chi connectivity index (χ3n) is 3.93. The smallest absolute Gasteiger partial charge is 0.363 e. The summed E-state index contributed by atoms with van der Waals surface area (Å²) >= 11 is 0. The van der Waals surface area contributed by atoms with E-state index in [2.05, 4.69) is 22.4 Å². The van der Waals surface area contributed by atoms with Crippen LogP contribution in [0.2, 0.25) is 0 Å². The third kappa shape index (κ3) is 10.7. The molecule has 0 aromatic carbocycles. The summed E-state index contributed by atoms with van der Waals surface area (Å²) < 4.78 is 1.47. The van der Waals surface area contributed by atoms with Crippen LogP contribution in [-0.4, -0.2) is 16.7 Å². The topological polar surface area (TPSA) is 70.6 Å². The van der Waals surface area contributed by atoms with Crippen molar-refractivity contribution in [2.75, 3.05) is 17.7 Å². The lowest BCUT2D eigenvalue weighted by Crippen LogP contribution is -3.00. The lowest BCUT2D eigenvalue weighted by Gasteiger charge is -2.03. The highest BCUT2D eigenvalue weighted by Crippen LogP contribution is 2.11. The highest BCUT2D eigenvalue weighted by Gasteiger charge is 2.05. The number of hydrogen-bond acceptors (Lipinski definition) is 3. The van der Waals surface area contributed by atoms with Crippen LogP contribution in [-0.2, 0) is 0 Å². The molecule has 0 bridgehead atoms. The van der Waals surface area contributed by atoms with Crippen molar-refractivity contribution in [2.24, 2.45) is 0 Å². The standard InChI is InChI=1S/C16H33N5.ClH/c1-2-3-4-5-6-7-8-9-10-11-12-13-14-18-16-20-19-15-21(16)17;/h15H,2-14,17H2,1H3,(H,18,20);1H. The van der Waals surface area contributed by atoms with Gasteiger partial charge in [-0.25, -0.2) is 0 Å². The van der Waals surface area contributed by atoms with E-state index in [1.54, 1.807) is 6.33 Å². The van der Waals surface area contributed by atoms with Crippen molar-refractivity contribution in [3.05, 3.63) is 6.33 Å². The molecule has 0 unspecified atom stereocenters. The molecule has 0 atom stereocenters. The number of rotatable bonds is 14. The van der Waals surface area contributed by atoms with Gasteiger partial charge in [-0.3, -0.25) is 11.2 Å². The van der Waals surface area contributed by atoms with E-state index < -0.39 is 0 Å². The fourth-order valence-electron chi connectivity index (χ4n) is 2.57. The second-order valence-electron chi connectivity index (χ2n) is 5.93. The minimum Gasteiger partial charge on any atom is -1.00 e. The van der Waals surface area contributed by atoms with E-state index in [1.165, 1.54) is 81.7 Å². The van der Waals surface area contributed by atoms with Crippen LogP contribution in [0.15, 0.2) is 6.33 Å². The highest BCUT2D eigenvalue weighted by molar-refractivity contribution is 5.12. The number of nitrogen functional groups attached to an aromatic ring is 1. The van der Waals surface area contributed by atoms with Crippen molar-refractivity contribution in [3.63, 3.8) is 0 Å². The van der Waals surface area contributed by atoms with Crippen molar-refractivity contribution in [3.8, 4) is 0 Å². The quantitative estimate of drug-likeness (QED) is 0.264. The van der Waals surface area contributed by atoms with E-state index in [-0.39, 0.29) is 12.4 Å². The van der Waals surface area contributed by atoms with Gasteiger partial charge in [0.05, 0.1) is 6.54 Å². The molecule has 1 aromatic rings. The molecule has 6 heteroatoms. The Kier molecular flexibility index (Phi) is 14.3. The molecule has 1 heterocycles. The lowest BCUT2D eigenvalue weighted by atomic mass is 10.1.